The monoisotopic (exact) mass is 285 g/mol. The van der Waals surface area contributed by atoms with Crippen molar-refractivity contribution >= 4 is 5.91 Å². The average Bonchev–Trinajstić information content (AvgIpc) is 2.43. The molecular formula is C15H31N3O2. The van der Waals surface area contributed by atoms with Gasteiger partial charge in [0.1, 0.15) is 0 Å². The van der Waals surface area contributed by atoms with E-state index in [0.717, 1.165) is 52.0 Å². The summed E-state index contributed by atoms with van der Waals surface area (Å²) < 4.78 is 5.71. The predicted octanol–water partition coefficient (Wildman–Crippen LogP) is 1.12. The number of nitrogens with two attached hydrogens (primary N) is 1. The number of rotatable bonds is 9. The summed E-state index contributed by atoms with van der Waals surface area (Å²) in [5.41, 5.74) is 4.96. The molecule has 1 aliphatic heterocycles. The molecule has 3 N–H and O–H groups in total. The quantitative estimate of drug-likeness (QED) is 0.666. The molecule has 0 aromatic heterocycles. The summed E-state index contributed by atoms with van der Waals surface area (Å²) in [4.78, 5) is 14.1. The first-order valence-corrected chi connectivity index (χ1v) is 7.90. The molecule has 1 fully saturated rings. The van der Waals surface area contributed by atoms with Gasteiger partial charge in [0.05, 0.1) is 11.6 Å². The van der Waals surface area contributed by atoms with Gasteiger partial charge in [-0.2, -0.15) is 0 Å². The van der Waals surface area contributed by atoms with Crippen molar-refractivity contribution in [2.75, 3.05) is 32.8 Å². The van der Waals surface area contributed by atoms with Gasteiger partial charge in [0.2, 0.25) is 5.91 Å². The van der Waals surface area contributed by atoms with Crippen LogP contribution in [0.15, 0.2) is 0 Å². The zero-order chi connectivity index (χ0) is 15.0. The van der Waals surface area contributed by atoms with Crippen LogP contribution in [0.3, 0.4) is 0 Å². The Balaban J connectivity index is 2.44. The van der Waals surface area contributed by atoms with Crippen LogP contribution in [-0.4, -0.2) is 55.2 Å². The first kappa shape index (κ1) is 17.4. The summed E-state index contributed by atoms with van der Waals surface area (Å²) in [5.74, 6) is -0.260. The Morgan fingerprint density at radius 1 is 1.50 bits per heavy atom. The molecule has 0 bridgehead atoms. The van der Waals surface area contributed by atoms with Crippen molar-refractivity contribution in [1.82, 2.24) is 10.2 Å². The van der Waals surface area contributed by atoms with Crippen molar-refractivity contribution in [2.24, 2.45) is 5.73 Å². The predicted molar refractivity (Wildman–Crippen MR) is 81.6 cm³/mol. The molecule has 2 atom stereocenters. The van der Waals surface area contributed by atoms with E-state index >= 15 is 0 Å². The molecule has 0 radical (unpaired) electrons. The summed E-state index contributed by atoms with van der Waals surface area (Å²) in [6, 6.07) is 0. The minimum absolute atomic E-state index is 0.260. The summed E-state index contributed by atoms with van der Waals surface area (Å²) in [5, 5.41) is 3.29. The maximum Gasteiger partial charge on any atom is 0.237 e. The van der Waals surface area contributed by atoms with Gasteiger partial charge in [-0.1, -0.05) is 6.92 Å². The lowest BCUT2D eigenvalue weighted by atomic mass is 9.95. The van der Waals surface area contributed by atoms with Gasteiger partial charge in [0, 0.05) is 19.7 Å². The largest absolute Gasteiger partial charge is 0.377 e. The number of ether oxygens (including phenoxy) is 1. The number of nitrogens with one attached hydrogen (secondary N) is 1. The summed E-state index contributed by atoms with van der Waals surface area (Å²) in [6.45, 7) is 10.6. The Labute approximate surface area is 123 Å². The molecule has 1 rings (SSSR count). The maximum absolute atomic E-state index is 11.7. The average molecular weight is 285 g/mol. The van der Waals surface area contributed by atoms with Crippen LogP contribution >= 0.6 is 0 Å². The van der Waals surface area contributed by atoms with E-state index in [9.17, 15) is 4.79 Å². The van der Waals surface area contributed by atoms with Gasteiger partial charge >= 0.3 is 0 Å². The number of amides is 1. The second-order valence-electron chi connectivity index (χ2n) is 5.89. The Morgan fingerprint density at radius 2 is 2.25 bits per heavy atom. The summed E-state index contributed by atoms with van der Waals surface area (Å²) in [7, 11) is 0. The molecule has 1 heterocycles. The highest BCUT2D eigenvalue weighted by Crippen LogP contribution is 2.16. The fraction of sp³-hybridized carbons (Fsp3) is 0.933. The van der Waals surface area contributed by atoms with E-state index in [4.69, 9.17) is 10.5 Å². The number of hydrogen-bond acceptors (Lipinski definition) is 4. The molecule has 5 heteroatoms. The van der Waals surface area contributed by atoms with Gasteiger partial charge in [-0.05, 0) is 52.6 Å². The molecule has 0 aromatic rings. The highest BCUT2D eigenvalue weighted by atomic mass is 16.5. The number of likely N-dealkylation sites (tertiary alicyclic amines) is 1. The van der Waals surface area contributed by atoms with Crippen molar-refractivity contribution in [2.45, 2.75) is 58.1 Å². The fourth-order valence-electron chi connectivity index (χ4n) is 2.67. The molecule has 20 heavy (non-hydrogen) atoms. The van der Waals surface area contributed by atoms with Crippen LogP contribution in [-0.2, 0) is 9.53 Å². The normalized spacial score (nSPS) is 23.4. The zero-order valence-corrected chi connectivity index (χ0v) is 13.3. The van der Waals surface area contributed by atoms with Gasteiger partial charge in [-0.3, -0.25) is 4.79 Å². The molecule has 1 saturated heterocycles. The first-order valence-electron chi connectivity index (χ1n) is 7.90. The van der Waals surface area contributed by atoms with E-state index < -0.39 is 5.54 Å². The standard InChI is InChI=1S/C15H31N3O2/c1-4-9-17-15(3,14(16)19)8-11-18-10-6-7-13(12-18)20-5-2/h13,17H,4-12H2,1-3H3,(H2,16,19). The third-order valence-corrected chi connectivity index (χ3v) is 4.10. The second kappa shape index (κ2) is 8.60. The van der Waals surface area contributed by atoms with Gasteiger partial charge in [-0.15, -0.1) is 0 Å². The Hall–Kier alpha value is -0.650. The molecule has 0 aromatic carbocycles. The van der Waals surface area contributed by atoms with Crippen molar-refractivity contribution < 1.29 is 9.53 Å². The van der Waals surface area contributed by atoms with E-state index in [0.29, 0.717) is 6.10 Å². The third-order valence-electron chi connectivity index (χ3n) is 4.10. The topological polar surface area (TPSA) is 67.6 Å². The van der Waals surface area contributed by atoms with Gasteiger partial charge in [-0.25, -0.2) is 0 Å². The van der Waals surface area contributed by atoms with Crippen molar-refractivity contribution in [3.8, 4) is 0 Å². The molecule has 2 unspecified atom stereocenters. The highest BCUT2D eigenvalue weighted by molar-refractivity contribution is 5.84. The van der Waals surface area contributed by atoms with Crippen LogP contribution in [0.25, 0.3) is 0 Å². The van der Waals surface area contributed by atoms with Gasteiger partial charge in [0.15, 0.2) is 0 Å². The number of primary amides is 1. The SMILES string of the molecule is CCCNC(C)(CCN1CCCC(OCC)C1)C(N)=O. The smallest absolute Gasteiger partial charge is 0.237 e. The lowest BCUT2D eigenvalue weighted by Gasteiger charge is -2.35. The number of carbonyl (C=O) groups excluding carboxylic acids is 1. The second-order valence-corrected chi connectivity index (χ2v) is 5.89. The van der Waals surface area contributed by atoms with E-state index in [-0.39, 0.29) is 5.91 Å². The van der Waals surface area contributed by atoms with E-state index in [1.165, 1.54) is 6.42 Å². The molecule has 5 nitrogen and oxygen atoms in total. The Kier molecular flexibility index (Phi) is 7.48. The van der Waals surface area contributed by atoms with Gasteiger partial charge < -0.3 is 20.7 Å². The first-order chi connectivity index (χ1) is 9.51. The zero-order valence-electron chi connectivity index (χ0n) is 13.3. The lowest BCUT2D eigenvalue weighted by Crippen LogP contribution is -2.55. The molecule has 1 amide bonds. The minimum atomic E-state index is -0.603. The number of piperidine rings is 1. The van der Waals surface area contributed by atoms with Gasteiger partial charge in [0.25, 0.3) is 0 Å². The van der Waals surface area contributed by atoms with E-state index in [2.05, 4.69) is 17.1 Å². The fourth-order valence-corrected chi connectivity index (χ4v) is 2.67. The van der Waals surface area contributed by atoms with E-state index in [1.807, 2.05) is 13.8 Å². The molecule has 1 aliphatic rings. The highest BCUT2D eigenvalue weighted by Gasteiger charge is 2.31. The van der Waals surface area contributed by atoms with Crippen LogP contribution in [0.1, 0.15) is 46.5 Å². The van der Waals surface area contributed by atoms with Crippen LogP contribution in [0.4, 0.5) is 0 Å². The maximum atomic E-state index is 11.7. The van der Waals surface area contributed by atoms with Crippen molar-refractivity contribution in [3.63, 3.8) is 0 Å². The van der Waals surface area contributed by atoms with Crippen LogP contribution in [0.5, 0.6) is 0 Å². The lowest BCUT2D eigenvalue weighted by molar-refractivity contribution is -0.124. The van der Waals surface area contributed by atoms with Crippen molar-refractivity contribution in [1.29, 1.82) is 0 Å². The van der Waals surface area contributed by atoms with E-state index in [1.54, 1.807) is 0 Å². The van der Waals surface area contributed by atoms with Crippen LogP contribution in [0.2, 0.25) is 0 Å². The Bertz CT molecular complexity index is 297. The minimum Gasteiger partial charge on any atom is -0.377 e. The van der Waals surface area contributed by atoms with Crippen molar-refractivity contribution in [3.05, 3.63) is 0 Å². The van der Waals surface area contributed by atoms with Crippen LogP contribution in [0, 0.1) is 0 Å². The molecule has 0 spiro atoms. The Morgan fingerprint density at radius 3 is 2.85 bits per heavy atom. The molecule has 118 valence electrons. The molecule has 0 saturated carbocycles. The third kappa shape index (κ3) is 5.38. The summed E-state index contributed by atoms with van der Waals surface area (Å²) >= 11 is 0. The molecule has 0 aliphatic carbocycles. The number of carbonyl (C=O) groups is 1. The number of hydrogen-bond donors (Lipinski definition) is 2. The summed E-state index contributed by atoms with van der Waals surface area (Å²) in [6.07, 6.45) is 4.41. The molecular weight excluding hydrogens is 254 g/mol. The van der Waals surface area contributed by atoms with Crippen LogP contribution < -0.4 is 11.1 Å². The number of nitrogens with zero attached hydrogens (tertiary/aromatic N) is 1.